The molecule has 0 aromatic carbocycles. The maximum absolute atomic E-state index is 11.2. The normalized spacial score (nSPS) is 21.9. The molecule has 3 nitrogen and oxygen atoms in total. The molecule has 3 heteroatoms. The molecule has 0 bridgehead atoms. The molecule has 0 saturated heterocycles. The van der Waals surface area contributed by atoms with E-state index in [4.69, 9.17) is 5.73 Å². The van der Waals surface area contributed by atoms with Crippen LogP contribution in [0.3, 0.4) is 0 Å². The average molecular weight is 181 g/mol. The second kappa shape index (κ2) is 4.23. The van der Waals surface area contributed by atoms with Crippen LogP contribution in [-0.2, 0) is 9.53 Å². The number of ether oxygens (including phenoxy) is 1. The van der Waals surface area contributed by atoms with E-state index in [1.54, 1.807) is 0 Å². The van der Waals surface area contributed by atoms with Crippen LogP contribution in [0.1, 0.15) is 13.3 Å². The molecule has 72 valence electrons. The first-order chi connectivity index (χ1) is 6.19. The van der Waals surface area contributed by atoms with Crippen molar-refractivity contribution in [1.29, 1.82) is 0 Å². The highest BCUT2D eigenvalue weighted by molar-refractivity contribution is 5.89. The van der Waals surface area contributed by atoms with Gasteiger partial charge in [0.05, 0.1) is 7.11 Å². The predicted octanol–water partition coefficient (Wildman–Crippen LogP) is 1.01. The highest BCUT2D eigenvalue weighted by Gasteiger charge is 2.20. The zero-order chi connectivity index (χ0) is 9.84. The Morgan fingerprint density at radius 1 is 1.69 bits per heavy atom. The van der Waals surface area contributed by atoms with Gasteiger partial charge in [0.25, 0.3) is 0 Å². The Morgan fingerprint density at radius 2 is 2.38 bits per heavy atom. The Hall–Kier alpha value is -1.09. The lowest BCUT2D eigenvalue weighted by Gasteiger charge is -2.18. The van der Waals surface area contributed by atoms with Gasteiger partial charge < -0.3 is 10.5 Å². The van der Waals surface area contributed by atoms with E-state index in [9.17, 15) is 4.79 Å². The van der Waals surface area contributed by atoms with Crippen LogP contribution in [0.2, 0.25) is 0 Å². The lowest BCUT2D eigenvalue weighted by molar-refractivity contribution is -0.136. The zero-order valence-corrected chi connectivity index (χ0v) is 8.04. The maximum Gasteiger partial charge on any atom is 0.334 e. The fourth-order valence-electron chi connectivity index (χ4n) is 1.48. The molecular formula is C10H15NO2. The number of esters is 1. The van der Waals surface area contributed by atoms with E-state index in [0.717, 1.165) is 12.0 Å². The van der Waals surface area contributed by atoms with Crippen molar-refractivity contribution < 1.29 is 9.53 Å². The number of nitrogens with two attached hydrogens (primary N) is 1. The van der Waals surface area contributed by atoms with E-state index >= 15 is 0 Å². The second-order valence-electron chi connectivity index (χ2n) is 3.25. The van der Waals surface area contributed by atoms with E-state index in [2.05, 4.69) is 4.74 Å². The molecule has 0 radical (unpaired) electrons. The largest absolute Gasteiger partial charge is 0.466 e. The van der Waals surface area contributed by atoms with Gasteiger partial charge in [-0.25, -0.2) is 4.79 Å². The monoisotopic (exact) mass is 181 g/mol. The molecule has 1 atom stereocenters. The Labute approximate surface area is 78.3 Å². The minimum atomic E-state index is -0.236. The van der Waals surface area contributed by atoms with Crippen molar-refractivity contribution in [1.82, 2.24) is 0 Å². The summed E-state index contributed by atoms with van der Waals surface area (Å²) >= 11 is 0. The first kappa shape index (κ1) is 9.99. The lowest BCUT2D eigenvalue weighted by Crippen LogP contribution is -2.17. The maximum atomic E-state index is 11.2. The summed E-state index contributed by atoms with van der Waals surface area (Å²) in [5, 5.41) is 0. The fourth-order valence-corrected chi connectivity index (χ4v) is 1.48. The number of carbonyl (C=O) groups is 1. The Kier molecular flexibility index (Phi) is 3.25. The highest BCUT2D eigenvalue weighted by Crippen LogP contribution is 2.24. The molecule has 0 saturated carbocycles. The van der Waals surface area contributed by atoms with Gasteiger partial charge in [0.15, 0.2) is 0 Å². The van der Waals surface area contributed by atoms with Crippen LogP contribution in [0.4, 0.5) is 0 Å². The van der Waals surface area contributed by atoms with Gasteiger partial charge in [-0.3, -0.25) is 0 Å². The van der Waals surface area contributed by atoms with Crippen molar-refractivity contribution in [2.75, 3.05) is 13.7 Å². The van der Waals surface area contributed by atoms with Crippen LogP contribution in [0, 0.1) is 5.92 Å². The molecule has 1 unspecified atom stereocenters. The Balaban J connectivity index is 2.81. The van der Waals surface area contributed by atoms with E-state index in [1.807, 2.05) is 19.1 Å². The SMILES string of the molecule is COC(=O)C1=CC=C(CN)CC1C. The van der Waals surface area contributed by atoms with E-state index < -0.39 is 0 Å². The van der Waals surface area contributed by atoms with Gasteiger partial charge in [0, 0.05) is 12.1 Å². The van der Waals surface area contributed by atoms with Gasteiger partial charge in [0.2, 0.25) is 0 Å². The van der Waals surface area contributed by atoms with Crippen molar-refractivity contribution in [3.8, 4) is 0 Å². The Morgan fingerprint density at radius 3 is 2.85 bits per heavy atom. The molecule has 2 N–H and O–H groups in total. The summed E-state index contributed by atoms with van der Waals surface area (Å²) in [6, 6.07) is 0. The minimum absolute atomic E-state index is 0.219. The lowest BCUT2D eigenvalue weighted by atomic mass is 9.88. The molecular weight excluding hydrogens is 166 g/mol. The van der Waals surface area contributed by atoms with Crippen LogP contribution in [0.25, 0.3) is 0 Å². The summed E-state index contributed by atoms with van der Waals surface area (Å²) in [7, 11) is 1.40. The second-order valence-corrected chi connectivity index (χ2v) is 3.25. The standard InChI is InChI=1S/C10H15NO2/c1-7-5-8(6-11)3-4-9(7)10(12)13-2/h3-4,7H,5-6,11H2,1-2H3. The molecule has 0 aromatic rings. The van der Waals surface area contributed by atoms with Crippen molar-refractivity contribution in [3.63, 3.8) is 0 Å². The van der Waals surface area contributed by atoms with Gasteiger partial charge in [0.1, 0.15) is 0 Å². The minimum Gasteiger partial charge on any atom is -0.466 e. The average Bonchev–Trinajstić information content (AvgIpc) is 2.16. The first-order valence-corrected chi connectivity index (χ1v) is 4.37. The van der Waals surface area contributed by atoms with Gasteiger partial charge in [-0.15, -0.1) is 0 Å². The van der Waals surface area contributed by atoms with Crippen LogP contribution in [-0.4, -0.2) is 19.6 Å². The molecule has 1 rings (SSSR count). The van der Waals surface area contributed by atoms with Crippen molar-refractivity contribution >= 4 is 5.97 Å². The zero-order valence-electron chi connectivity index (χ0n) is 8.04. The van der Waals surface area contributed by atoms with E-state index in [-0.39, 0.29) is 11.9 Å². The van der Waals surface area contributed by atoms with Crippen LogP contribution in [0.15, 0.2) is 23.3 Å². The molecule has 0 heterocycles. The summed E-state index contributed by atoms with van der Waals surface area (Å²) in [6.45, 7) is 2.57. The Bertz CT molecular complexity index is 266. The molecule has 1 aliphatic rings. The van der Waals surface area contributed by atoms with Gasteiger partial charge >= 0.3 is 5.97 Å². The third-order valence-corrected chi connectivity index (χ3v) is 2.28. The fraction of sp³-hybridized carbons (Fsp3) is 0.500. The summed E-state index contributed by atoms with van der Waals surface area (Å²) in [5.74, 6) is -0.0178. The number of hydrogen-bond donors (Lipinski definition) is 1. The predicted molar refractivity (Wildman–Crippen MR) is 51.0 cm³/mol. The number of carbonyl (C=O) groups excluding carboxylic acids is 1. The molecule has 0 spiro atoms. The third-order valence-electron chi connectivity index (χ3n) is 2.28. The smallest absolute Gasteiger partial charge is 0.334 e. The third kappa shape index (κ3) is 2.18. The molecule has 0 amide bonds. The first-order valence-electron chi connectivity index (χ1n) is 4.37. The van der Waals surface area contributed by atoms with Gasteiger partial charge in [-0.1, -0.05) is 24.6 Å². The van der Waals surface area contributed by atoms with Crippen LogP contribution >= 0.6 is 0 Å². The van der Waals surface area contributed by atoms with Crippen LogP contribution in [0.5, 0.6) is 0 Å². The summed E-state index contributed by atoms with van der Waals surface area (Å²) < 4.78 is 4.66. The summed E-state index contributed by atoms with van der Waals surface area (Å²) in [4.78, 5) is 11.2. The topological polar surface area (TPSA) is 52.3 Å². The summed E-state index contributed by atoms with van der Waals surface area (Å²) in [5.41, 5.74) is 7.42. The van der Waals surface area contributed by atoms with E-state index in [0.29, 0.717) is 6.54 Å². The summed E-state index contributed by atoms with van der Waals surface area (Å²) in [6.07, 6.45) is 4.58. The van der Waals surface area contributed by atoms with Gasteiger partial charge in [-0.05, 0) is 12.3 Å². The molecule has 1 aliphatic carbocycles. The molecule has 0 aromatic heterocycles. The molecule has 0 aliphatic heterocycles. The molecule has 0 fully saturated rings. The number of allylic oxidation sites excluding steroid dienone is 2. The van der Waals surface area contributed by atoms with Gasteiger partial charge in [-0.2, -0.15) is 0 Å². The number of methoxy groups -OCH3 is 1. The van der Waals surface area contributed by atoms with E-state index in [1.165, 1.54) is 12.7 Å². The van der Waals surface area contributed by atoms with Crippen molar-refractivity contribution in [2.24, 2.45) is 11.7 Å². The highest BCUT2D eigenvalue weighted by atomic mass is 16.5. The number of rotatable bonds is 2. The van der Waals surface area contributed by atoms with Crippen molar-refractivity contribution in [2.45, 2.75) is 13.3 Å². The number of hydrogen-bond acceptors (Lipinski definition) is 3. The van der Waals surface area contributed by atoms with Crippen LogP contribution < -0.4 is 5.73 Å². The quantitative estimate of drug-likeness (QED) is 0.647. The van der Waals surface area contributed by atoms with Crippen molar-refractivity contribution in [3.05, 3.63) is 23.3 Å². The molecule has 13 heavy (non-hydrogen) atoms.